The number of rotatable bonds is 5. The van der Waals surface area contributed by atoms with Gasteiger partial charge in [0.25, 0.3) is 5.91 Å². The predicted molar refractivity (Wildman–Crippen MR) is 80.7 cm³/mol. The van der Waals surface area contributed by atoms with Crippen molar-refractivity contribution in [3.8, 4) is 0 Å². The number of carbonyl (C=O) groups excluding carboxylic acids is 2. The number of halogens is 1. The smallest absolute Gasteiger partial charge is 0.256 e. The van der Waals surface area contributed by atoms with Gasteiger partial charge in [-0.05, 0) is 32.9 Å². The molecule has 0 saturated carbocycles. The Morgan fingerprint density at radius 3 is 2.60 bits per heavy atom. The molecule has 1 aromatic carbocycles. The Labute approximate surface area is 124 Å². The highest BCUT2D eigenvalue weighted by molar-refractivity contribution is 6.33. The van der Waals surface area contributed by atoms with Crippen LogP contribution >= 0.6 is 11.6 Å². The van der Waals surface area contributed by atoms with Gasteiger partial charge in [0.2, 0.25) is 5.91 Å². The van der Waals surface area contributed by atoms with Crippen LogP contribution in [0, 0.1) is 0 Å². The fraction of sp³-hybridized carbons (Fsp3) is 0.429. The Morgan fingerprint density at radius 1 is 1.40 bits per heavy atom. The Bertz CT molecular complexity index is 503. The molecule has 2 amide bonds. The molecule has 20 heavy (non-hydrogen) atoms. The van der Waals surface area contributed by atoms with E-state index in [9.17, 15) is 9.59 Å². The molecule has 6 heteroatoms. The SMILES string of the molecule is CCN(CC(=O)NC(C)C)C(=O)c1cccc(Cl)c1N. The van der Waals surface area contributed by atoms with Crippen LogP contribution in [0.2, 0.25) is 5.02 Å². The highest BCUT2D eigenvalue weighted by Crippen LogP contribution is 2.23. The summed E-state index contributed by atoms with van der Waals surface area (Å²) in [4.78, 5) is 25.6. The predicted octanol–water partition coefficient (Wildman–Crippen LogP) is 1.91. The Kier molecular flexibility index (Phi) is 5.82. The molecule has 0 spiro atoms. The Balaban J connectivity index is 2.87. The van der Waals surface area contributed by atoms with Gasteiger partial charge < -0.3 is 16.0 Å². The summed E-state index contributed by atoms with van der Waals surface area (Å²) < 4.78 is 0. The number of carbonyl (C=O) groups is 2. The summed E-state index contributed by atoms with van der Waals surface area (Å²) in [6.07, 6.45) is 0. The second kappa shape index (κ2) is 7.14. The van der Waals surface area contributed by atoms with Crippen molar-refractivity contribution in [1.82, 2.24) is 10.2 Å². The first-order valence-electron chi connectivity index (χ1n) is 6.49. The molecule has 1 rings (SSSR count). The summed E-state index contributed by atoms with van der Waals surface area (Å²) in [6.45, 7) is 5.95. The molecule has 3 N–H and O–H groups in total. The number of anilines is 1. The highest BCUT2D eigenvalue weighted by atomic mass is 35.5. The maximum atomic E-state index is 12.4. The molecule has 0 heterocycles. The molecule has 0 unspecified atom stereocenters. The molecule has 0 bridgehead atoms. The summed E-state index contributed by atoms with van der Waals surface area (Å²) in [7, 11) is 0. The van der Waals surface area contributed by atoms with Gasteiger partial charge in [0.1, 0.15) is 0 Å². The molecular weight excluding hydrogens is 278 g/mol. The number of amides is 2. The minimum atomic E-state index is -0.300. The van der Waals surface area contributed by atoms with Crippen LogP contribution in [-0.2, 0) is 4.79 Å². The summed E-state index contributed by atoms with van der Waals surface area (Å²) in [5.41, 5.74) is 6.36. The normalized spacial score (nSPS) is 10.4. The van der Waals surface area contributed by atoms with Crippen LogP contribution in [0.25, 0.3) is 0 Å². The van der Waals surface area contributed by atoms with Gasteiger partial charge in [-0.15, -0.1) is 0 Å². The van der Waals surface area contributed by atoms with Crippen LogP contribution in [0.5, 0.6) is 0 Å². The lowest BCUT2D eigenvalue weighted by Gasteiger charge is -2.22. The average Bonchev–Trinajstić information content (AvgIpc) is 2.37. The highest BCUT2D eigenvalue weighted by Gasteiger charge is 2.20. The third-order valence-electron chi connectivity index (χ3n) is 2.74. The van der Waals surface area contributed by atoms with Crippen molar-refractivity contribution >= 4 is 29.1 Å². The summed E-state index contributed by atoms with van der Waals surface area (Å²) in [5, 5.41) is 3.08. The van der Waals surface area contributed by atoms with E-state index in [0.29, 0.717) is 17.1 Å². The molecule has 110 valence electrons. The first-order valence-corrected chi connectivity index (χ1v) is 6.87. The minimum Gasteiger partial charge on any atom is -0.397 e. The number of nitrogens with zero attached hydrogens (tertiary/aromatic N) is 1. The molecule has 0 fully saturated rings. The van der Waals surface area contributed by atoms with Gasteiger partial charge in [-0.2, -0.15) is 0 Å². The van der Waals surface area contributed by atoms with E-state index in [1.54, 1.807) is 25.1 Å². The standard InChI is InChI=1S/C14H20ClN3O2/c1-4-18(8-12(19)17-9(2)3)14(20)10-6-5-7-11(15)13(10)16/h5-7,9H,4,8,16H2,1-3H3,(H,17,19). The quantitative estimate of drug-likeness (QED) is 0.815. The number of nitrogens with two attached hydrogens (primary N) is 1. The van der Waals surface area contributed by atoms with E-state index in [-0.39, 0.29) is 30.1 Å². The Hall–Kier alpha value is -1.75. The van der Waals surface area contributed by atoms with Gasteiger partial charge >= 0.3 is 0 Å². The fourth-order valence-electron chi connectivity index (χ4n) is 1.76. The minimum absolute atomic E-state index is 0.000529. The number of hydrogen-bond acceptors (Lipinski definition) is 3. The zero-order valence-electron chi connectivity index (χ0n) is 11.9. The molecule has 0 aliphatic rings. The lowest BCUT2D eigenvalue weighted by molar-refractivity contribution is -0.122. The zero-order chi connectivity index (χ0) is 15.3. The maximum absolute atomic E-state index is 12.4. The van der Waals surface area contributed by atoms with Gasteiger partial charge in [0.05, 0.1) is 22.8 Å². The van der Waals surface area contributed by atoms with Crippen molar-refractivity contribution in [2.45, 2.75) is 26.8 Å². The van der Waals surface area contributed by atoms with Gasteiger partial charge in [-0.1, -0.05) is 17.7 Å². The van der Waals surface area contributed by atoms with Crippen molar-refractivity contribution in [3.63, 3.8) is 0 Å². The van der Waals surface area contributed by atoms with Crippen LogP contribution in [0.3, 0.4) is 0 Å². The first kappa shape index (κ1) is 16.3. The lowest BCUT2D eigenvalue weighted by Crippen LogP contribution is -2.42. The lowest BCUT2D eigenvalue weighted by atomic mass is 10.1. The van der Waals surface area contributed by atoms with Crippen molar-refractivity contribution in [3.05, 3.63) is 28.8 Å². The molecule has 0 atom stereocenters. The number of benzene rings is 1. The fourth-order valence-corrected chi connectivity index (χ4v) is 1.94. The number of nitrogen functional groups attached to an aromatic ring is 1. The summed E-state index contributed by atoms with van der Waals surface area (Å²) >= 11 is 5.91. The molecule has 0 radical (unpaired) electrons. The van der Waals surface area contributed by atoms with Gasteiger partial charge in [-0.25, -0.2) is 0 Å². The second-order valence-corrected chi connectivity index (χ2v) is 5.15. The van der Waals surface area contributed by atoms with E-state index in [1.807, 2.05) is 13.8 Å². The zero-order valence-corrected chi connectivity index (χ0v) is 12.7. The number of para-hydroxylation sites is 1. The topological polar surface area (TPSA) is 75.4 Å². The number of likely N-dealkylation sites (N-methyl/N-ethyl adjacent to an activating group) is 1. The van der Waals surface area contributed by atoms with Crippen molar-refractivity contribution in [2.75, 3.05) is 18.8 Å². The van der Waals surface area contributed by atoms with E-state index in [2.05, 4.69) is 5.32 Å². The van der Waals surface area contributed by atoms with E-state index >= 15 is 0 Å². The van der Waals surface area contributed by atoms with E-state index < -0.39 is 0 Å². The molecule has 1 aromatic rings. The number of hydrogen-bond donors (Lipinski definition) is 2. The van der Waals surface area contributed by atoms with Crippen LogP contribution in [-0.4, -0.2) is 35.8 Å². The van der Waals surface area contributed by atoms with Crippen LogP contribution in [0.15, 0.2) is 18.2 Å². The molecule has 0 aliphatic carbocycles. The Morgan fingerprint density at radius 2 is 2.05 bits per heavy atom. The van der Waals surface area contributed by atoms with Crippen molar-refractivity contribution in [1.29, 1.82) is 0 Å². The largest absolute Gasteiger partial charge is 0.397 e. The molecule has 0 aliphatic heterocycles. The van der Waals surface area contributed by atoms with Crippen molar-refractivity contribution < 1.29 is 9.59 Å². The third-order valence-corrected chi connectivity index (χ3v) is 3.07. The van der Waals surface area contributed by atoms with E-state index in [4.69, 9.17) is 17.3 Å². The van der Waals surface area contributed by atoms with E-state index in [0.717, 1.165) is 0 Å². The maximum Gasteiger partial charge on any atom is 0.256 e. The summed E-state index contributed by atoms with van der Waals surface area (Å²) in [5.74, 6) is -0.498. The van der Waals surface area contributed by atoms with Gasteiger partial charge in [0, 0.05) is 12.6 Å². The molecular formula is C14H20ClN3O2. The monoisotopic (exact) mass is 297 g/mol. The average molecular weight is 298 g/mol. The second-order valence-electron chi connectivity index (χ2n) is 4.74. The summed E-state index contributed by atoms with van der Waals surface area (Å²) in [6, 6.07) is 4.92. The van der Waals surface area contributed by atoms with Crippen LogP contribution in [0.4, 0.5) is 5.69 Å². The van der Waals surface area contributed by atoms with Crippen molar-refractivity contribution in [2.24, 2.45) is 0 Å². The third kappa shape index (κ3) is 4.13. The van der Waals surface area contributed by atoms with Crippen LogP contribution in [0.1, 0.15) is 31.1 Å². The van der Waals surface area contributed by atoms with E-state index in [1.165, 1.54) is 4.90 Å². The van der Waals surface area contributed by atoms with Crippen LogP contribution < -0.4 is 11.1 Å². The first-order chi connectivity index (χ1) is 9.36. The van der Waals surface area contributed by atoms with Gasteiger partial charge in [0.15, 0.2) is 0 Å². The number of nitrogens with one attached hydrogen (secondary N) is 1. The molecule has 5 nitrogen and oxygen atoms in total. The van der Waals surface area contributed by atoms with Gasteiger partial charge in [-0.3, -0.25) is 9.59 Å². The molecule has 0 saturated heterocycles. The molecule has 0 aromatic heterocycles.